The van der Waals surface area contributed by atoms with Crippen LogP contribution in [0.3, 0.4) is 0 Å². The highest BCUT2D eigenvalue weighted by Gasteiger charge is 2.14. The van der Waals surface area contributed by atoms with Crippen LogP contribution in [0, 0.1) is 0 Å². The molecular weight excluding hydrogens is 168 g/mol. The van der Waals surface area contributed by atoms with Gasteiger partial charge in [-0.15, -0.1) is 0 Å². The van der Waals surface area contributed by atoms with Gasteiger partial charge in [0.25, 0.3) is 0 Å². The monoisotopic (exact) mass is 186 g/mol. The minimum atomic E-state index is 0.131. The van der Waals surface area contributed by atoms with Gasteiger partial charge in [0.2, 0.25) is 5.91 Å². The number of rotatable bonds is 4. The maximum atomic E-state index is 11.1. The molecule has 0 aromatic heterocycles. The van der Waals surface area contributed by atoms with Crippen molar-refractivity contribution in [2.75, 3.05) is 33.8 Å². The summed E-state index contributed by atoms with van der Waals surface area (Å²) in [5, 5.41) is 3.21. The van der Waals surface area contributed by atoms with E-state index in [1.54, 1.807) is 19.0 Å². The predicted octanol–water partition coefficient (Wildman–Crippen LogP) is -0.157. The van der Waals surface area contributed by atoms with Crippen molar-refractivity contribution in [2.45, 2.75) is 18.9 Å². The lowest BCUT2D eigenvalue weighted by molar-refractivity contribution is -0.130. The number of nitrogens with zero attached hydrogens (tertiary/aromatic N) is 1. The lowest BCUT2D eigenvalue weighted by Gasteiger charge is -2.12. The first-order valence-electron chi connectivity index (χ1n) is 4.72. The van der Waals surface area contributed by atoms with Gasteiger partial charge in [0, 0.05) is 20.6 Å². The number of carbonyl (C=O) groups is 1. The Balaban J connectivity index is 2.03. The second-order valence-electron chi connectivity index (χ2n) is 3.52. The molecule has 0 aromatic rings. The van der Waals surface area contributed by atoms with Crippen LogP contribution in [0.2, 0.25) is 0 Å². The van der Waals surface area contributed by atoms with Gasteiger partial charge in [-0.2, -0.15) is 0 Å². The Bertz CT molecular complexity index is 165. The molecule has 13 heavy (non-hydrogen) atoms. The van der Waals surface area contributed by atoms with Crippen LogP contribution in [0.25, 0.3) is 0 Å². The second-order valence-corrected chi connectivity index (χ2v) is 3.52. The molecule has 1 unspecified atom stereocenters. The van der Waals surface area contributed by atoms with E-state index in [4.69, 9.17) is 4.74 Å². The van der Waals surface area contributed by atoms with Crippen molar-refractivity contribution in [3.05, 3.63) is 0 Å². The lowest BCUT2D eigenvalue weighted by atomic mass is 10.3. The van der Waals surface area contributed by atoms with Gasteiger partial charge in [0.05, 0.1) is 19.1 Å². The average molecular weight is 186 g/mol. The number of hydrogen-bond donors (Lipinski definition) is 1. The lowest BCUT2D eigenvalue weighted by Crippen LogP contribution is -2.24. The van der Waals surface area contributed by atoms with Crippen molar-refractivity contribution >= 4 is 5.91 Å². The topological polar surface area (TPSA) is 41.6 Å². The fraction of sp³-hybridized carbons (Fsp3) is 0.889. The Morgan fingerprint density at radius 1 is 1.62 bits per heavy atom. The molecular formula is C9H18N2O2. The molecule has 4 nitrogen and oxygen atoms in total. The Morgan fingerprint density at radius 2 is 2.38 bits per heavy atom. The van der Waals surface area contributed by atoms with Gasteiger partial charge in [-0.05, 0) is 13.0 Å². The molecule has 1 aliphatic rings. The summed E-state index contributed by atoms with van der Waals surface area (Å²) in [5.74, 6) is 0.131. The third-order valence-electron chi connectivity index (χ3n) is 2.18. The van der Waals surface area contributed by atoms with Gasteiger partial charge in [0.15, 0.2) is 0 Å². The SMILES string of the molecule is CN(C)C(=O)CCOC1CCNC1. The molecule has 0 saturated carbocycles. The molecule has 1 rings (SSSR count). The smallest absolute Gasteiger partial charge is 0.224 e. The first-order valence-corrected chi connectivity index (χ1v) is 4.72. The van der Waals surface area contributed by atoms with E-state index < -0.39 is 0 Å². The van der Waals surface area contributed by atoms with Crippen molar-refractivity contribution < 1.29 is 9.53 Å². The van der Waals surface area contributed by atoms with E-state index in [1.807, 2.05) is 0 Å². The van der Waals surface area contributed by atoms with Crippen molar-refractivity contribution in [3.8, 4) is 0 Å². The molecule has 1 atom stereocenters. The normalized spacial score (nSPS) is 21.8. The number of amides is 1. The molecule has 0 radical (unpaired) electrons. The first-order chi connectivity index (χ1) is 6.20. The highest BCUT2D eigenvalue weighted by Crippen LogP contribution is 2.03. The summed E-state index contributed by atoms with van der Waals surface area (Å²) in [6, 6.07) is 0. The van der Waals surface area contributed by atoms with E-state index in [2.05, 4.69) is 5.32 Å². The highest BCUT2D eigenvalue weighted by molar-refractivity contribution is 5.75. The Morgan fingerprint density at radius 3 is 2.92 bits per heavy atom. The van der Waals surface area contributed by atoms with Crippen LogP contribution >= 0.6 is 0 Å². The number of hydrogen-bond acceptors (Lipinski definition) is 3. The third kappa shape index (κ3) is 3.74. The summed E-state index contributed by atoms with van der Waals surface area (Å²) < 4.78 is 5.51. The summed E-state index contributed by atoms with van der Waals surface area (Å²) in [4.78, 5) is 12.7. The van der Waals surface area contributed by atoms with Crippen molar-refractivity contribution in [2.24, 2.45) is 0 Å². The fourth-order valence-electron chi connectivity index (χ4n) is 1.31. The minimum absolute atomic E-state index is 0.131. The zero-order valence-electron chi connectivity index (χ0n) is 8.38. The Kier molecular flexibility index (Phi) is 4.18. The summed E-state index contributed by atoms with van der Waals surface area (Å²) in [5.41, 5.74) is 0. The molecule has 1 aliphatic heterocycles. The zero-order chi connectivity index (χ0) is 9.68. The molecule has 76 valence electrons. The number of carbonyl (C=O) groups excluding carboxylic acids is 1. The van der Waals surface area contributed by atoms with Gasteiger partial charge in [-0.3, -0.25) is 4.79 Å². The second kappa shape index (κ2) is 5.19. The Hall–Kier alpha value is -0.610. The van der Waals surface area contributed by atoms with Crippen LogP contribution < -0.4 is 5.32 Å². The van der Waals surface area contributed by atoms with E-state index >= 15 is 0 Å². The molecule has 1 saturated heterocycles. The van der Waals surface area contributed by atoms with E-state index in [9.17, 15) is 4.79 Å². The van der Waals surface area contributed by atoms with Gasteiger partial charge >= 0.3 is 0 Å². The third-order valence-corrected chi connectivity index (χ3v) is 2.18. The highest BCUT2D eigenvalue weighted by atomic mass is 16.5. The van der Waals surface area contributed by atoms with E-state index in [-0.39, 0.29) is 5.91 Å². The minimum Gasteiger partial charge on any atom is -0.376 e. The molecule has 0 spiro atoms. The van der Waals surface area contributed by atoms with Crippen molar-refractivity contribution in [3.63, 3.8) is 0 Å². The van der Waals surface area contributed by atoms with E-state index in [0.29, 0.717) is 19.1 Å². The van der Waals surface area contributed by atoms with E-state index in [1.165, 1.54) is 0 Å². The molecule has 1 heterocycles. The summed E-state index contributed by atoms with van der Waals surface area (Å²) >= 11 is 0. The number of ether oxygens (including phenoxy) is 1. The van der Waals surface area contributed by atoms with Crippen LogP contribution in [-0.2, 0) is 9.53 Å². The van der Waals surface area contributed by atoms with E-state index in [0.717, 1.165) is 19.5 Å². The van der Waals surface area contributed by atoms with Gasteiger partial charge < -0.3 is 15.0 Å². The molecule has 0 aliphatic carbocycles. The van der Waals surface area contributed by atoms with Crippen LogP contribution in [0.5, 0.6) is 0 Å². The molecule has 1 N–H and O–H groups in total. The first kappa shape index (κ1) is 10.5. The standard InChI is InChI=1S/C9H18N2O2/c1-11(2)9(12)4-6-13-8-3-5-10-7-8/h8,10H,3-7H2,1-2H3. The van der Waals surface area contributed by atoms with Crippen LogP contribution in [0.15, 0.2) is 0 Å². The molecule has 0 aromatic carbocycles. The zero-order valence-corrected chi connectivity index (χ0v) is 8.38. The summed E-state index contributed by atoms with van der Waals surface area (Å²) in [6.07, 6.45) is 1.87. The van der Waals surface area contributed by atoms with Gasteiger partial charge in [0.1, 0.15) is 0 Å². The Labute approximate surface area is 79.2 Å². The average Bonchev–Trinajstić information content (AvgIpc) is 2.56. The van der Waals surface area contributed by atoms with Crippen molar-refractivity contribution in [1.82, 2.24) is 10.2 Å². The fourth-order valence-corrected chi connectivity index (χ4v) is 1.31. The molecule has 0 bridgehead atoms. The largest absolute Gasteiger partial charge is 0.376 e. The summed E-state index contributed by atoms with van der Waals surface area (Å²) in [7, 11) is 3.53. The molecule has 1 amide bonds. The predicted molar refractivity (Wildman–Crippen MR) is 50.5 cm³/mol. The van der Waals surface area contributed by atoms with Crippen LogP contribution in [0.1, 0.15) is 12.8 Å². The van der Waals surface area contributed by atoms with Crippen LogP contribution in [-0.4, -0.2) is 50.7 Å². The van der Waals surface area contributed by atoms with Crippen LogP contribution in [0.4, 0.5) is 0 Å². The summed E-state index contributed by atoms with van der Waals surface area (Å²) in [6.45, 7) is 2.51. The maximum Gasteiger partial charge on any atom is 0.224 e. The van der Waals surface area contributed by atoms with Crippen molar-refractivity contribution in [1.29, 1.82) is 0 Å². The van der Waals surface area contributed by atoms with Gasteiger partial charge in [-0.25, -0.2) is 0 Å². The van der Waals surface area contributed by atoms with Gasteiger partial charge in [-0.1, -0.05) is 0 Å². The molecule has 1 fully saturated rings. The molecule has 4 heteroatoms. The number of nitrogens with one attached hydrogen (secondary N) is 1. The quantitative estimate of drug-likeness (QED) is 0.663. The maximum absolute atomic E-state index is 11.1.